The maximum absolute atomic E-state index is 14.1. The molecular formula is C18H19F3N2. The van der Waals surface area contributed by atoms with E-state index in [1.165, 1.54) is 11.0 Å². The van der Waals surface area contributed by atoms with Gasteiger partial charge in [-0.2, -0.15) is 4.39 Å². The third-order valence-electron chi connectivity index (χ3n) is 4.33. The van der Waals surface area contributed by atoms with Gasteiger partial charge in [-0.25, -0.2) is 13.8 Å². The SMILES string of the molecule is CCc1c(-c2ccccc2C)cc(F)nc1N1CCC(F)(F)C1. The Morgan fingerprint density at radius 3 is 2.57 bits per heavy atom. The molecular weight excluding hydrogens is 301 g/mol. The van der Waals surface area contributed by atoms with E-state index in [0.717, 1.165) is 22.3 Å². The predicted octanol–water partition coefficient (Wildman–Crippen LogP) is 4.60. The number of aryl methyl sites for hydroxylation is 1. The second-order valence-electron chi connectivity index (χ2n) is 5.99. The van der Waals surface area contributed by atoms with Gasteiger partial charge < -0.3 is 4.90 Å². The summed E-state index contributed by atoms with van der Waals surface area (Å²) in [6.07, 6.45) is 0.391. The second kappa shape index (κ2) is 5.87. The molecule has 0 saturated carbocycles. The van der Waals surface area contributed by atoms with Crippen molar-refractivity contribution in [3.8, 4) is 11.1 Å². The lowest BCUT2D eigenvalue weighted by Gasteiger charge is -2.22. The van der Waals surface area contributed by atoms with E-state index in [1.807, 2.05) is 38.1 Å². The van der Waals surface area contributed by atoms with Crippen LogP contribution < -0.4 is 4.90 Å². The van der Waals surface area contributed by atoms with Crippen LogP contribution in [-0.4, -0.2) is 24.0 Å². The molecule has 0 spiro atoms. The van der Waals surface area contributed by atoms with Crippen LogP contribution >= 0.6 is 0 Å². The van der Waals surface area contributed by atoms with E-state index in [0.29, 0.717) is 12.2 Å². The molecule has 1 aromatic heterocycles. The summed E-state index contributed by atoms with van der Waals surface area (Å²) in [7, 11) is 0. The molecule has 0 unspecified atom stereocenters. The summed E-state index contributed by atoms with van der Waals surface area (Å²) in [4.78, 5) is 5.44. The number of benzene rings is 1. The predicted molar refractivity (Wildman–Crippen MR) is 85.5 cm³/mol. The molecule has 0 bridgehead atoms. The normalized spacial score (nSPS) is 16.8. The lowest BCUT2D eigenvalue weighted by atomic mass is 9.95. The molecule has 1 saturated heterocycles. The molecule has 0 N–H and O–H groups in total. The molecule has 0 amide bonds. The highest BCUT2D eigenvalue weighted by Crippen LogP contribution is 2.37. The Bertz CT molecular complexity index is 728. The van der Waals surface area contributed by atoms with Gasteiger partial charge in [-0.3, -0.25) is 0 Å². The number of pyridine rings is 1. The van der Waals surface area contributed by atoms with Crippen LogP contribution in [0.2, 0.25) is 0 Å². The van der Waals surface area contributed by atoms with Crippen molar-refractivity contribution in [3.05, 3.63) is 47.4 Å². The third-order valence-corrected chi connectivity index (χ3v) is 4.33. The summed E-state index contributed by atoms with van der Waals surface area (Å²) in [5.41, 5.74) is 3.49. The Hall–Kier alpha value is -2.04. The quantitative estimate of drug-likeness (QED) is 0.768. The summed E-state index contributed by atoms with van der Waals surface area (Å²) < 4.78 is 41.2. The van der Waals surface area contributed by atoms with Crippen LogP contribution in [0.15, 0.2) is 30.3 Å². The molecule has 1 aromatic carbocycles. The first kappa shape index (κ1) is 15.8. The maximum atomic E-state index is 14.1. The van der Waals surface area contributed by atoms with E-state index < -0.39 is 18.4 Å². The molecule has 0 radical (unpaired) electrons. The van der Waals surface area contributed by atoms with Crippen LogP contribution in [-0.2, 0) is 6.42 Å². The minimum absolute atomic E-state index is 0.198. The van der Waals surface area contributed by atoms with Crippen LogP contribution in [0.5, 0.6) is 0 Å². The van der Waals surface area contributed by atoms with Crippen molar-refractivity contribution in [2.45, 2.75) is 32.6 Å². The Kier molecular flexibility index (Phi) is 4.04. The van der Waals surface area contributed by atoms with E-state index in [9.17, 15) is 13.2 Å². The number of hydrogen-bond donors (Lipinski definition) is 0. The number of aromatic nitrogens is 1. The molecule has 5 heteroatoms. The fourth-order valence-corrected chi connectivity index (χ4v) is 3.17. The molecule has 1 aliphatic heterocycles. The van der Waals surface area contributed by atoms with Crippen LogP contribution in [0.1, 0.15) is 24.5 Å². The van der Waals surface area contributed by atoms with Gasteiger partial charge >= 0.3 is 0 Å². The second-order valence-corrected chi connectivity index (χ2v) is 5.99. The van der Waals surface area contributed by atoms with E-state index in [4.69, 9.17) is 0 Å². The Labute approximate surface area is 134 Å². The molecule has 23 heavy (non-hydrogen) atoms. The highest BCUT2D eigenvalue weighted by atomic mass is 19.3. The minimum atomic E-state index is -2.73. The Morgan fingerprint density at radius 1 is 1.22 bits per heavy atom. The first-order chi connectivity index (χ1) is 10.9. The number of alkyl halides is 2. The first-order valence-electron chi connectivity index (χ1n) is 7.79. The molecule has 0 aliphatic carbocycles. The summed E-state index contributed by atoms with van der Waals surface area (Å²) in [5, 5.41) is 0. The Balaban J connectivity index is 2.14. The Morgan fingerprint density at radius 2 is 1.96 bits per heavy atom. The van der Waals surface area contributed by atoms with E-state index in [2.05, 4.69) is 4.98 Å². The molecule has 1 aliphatic rings. The molecule has 122 valence electrons. The van der Waals surface area contributed by atoms with Crippen molar-refractivity contribution in [2.24, 2.45) is 0 Å². The number of nitrogens with zero attached hydrogens (tertiary/aromatic N) is 2. The van der Waals surface area contributed by atoms with Crippen molar-refractivity contribution in [3.63, 3.8) is 0 Å². The summed E-state index contributed by atoms with van der Waals surface area (Å²) in [6, 6.07) is 9.09. The van der Waals surface area contributed by atoms with Gasteiger partial charge in [0.15, 0.2) is 0 Å². The monoisotopic (exact) mass is 320 g/mol. The molecule has 0 atom stereocenters. The first-order valence-corrected chi connectivity index (χ1v) is 7.79. The zero-order valence-corrected chi connectivity index (χ0v) is 13.2. The van der Waals surface area contributed by atoms with Crippen LogP contribution in [0.3, 0.4) is 0 Å². The average molecular weight is 320 g/mol. The van der Waals surface area contributed by atoms with Gasteiger partial charge in [0.2, 0.25) is 5.95 Å². The molecule has 3 rings (SSSR count). The fraction of sp³-hybridized carbons (Fsp3) is 0.389. The summed E-state index contributed by atoms with van der Waals surface area (Å²) in [5.74, 6) is -3.02. The van der Waals surface area contributed by atoms with Crippen LogP contribution in [0.25, 0.3) is 11.1 Å². The smallest absolute Gasteiger partial charge is 0.266 e. The van der Waals surface area contributed by atoms with Gasteiger partial charge in [-0.15, -0.1) is 0 Å². The van der Waals surface area contributed by atoms with Crippen molar-refractivity contribution in [1.82, 2.24) is 4.98 Å². The average Bonchev–Trinajstić information content (AvgIpc) is 2.87. The summed E-state index contributed by atoms with van der Waals surface area (Å²) in [6.45, 7) is 3.69. The van der Waals surface area contributed by atoms with Crippen molar-refractivity contribution in [1.29, 1.82) is 0 Å². The van der Waals surface area contributed by atoms with Crippen molar-refractivity contribution >= 4 is 5.82 Å². The number of rotatable bonds is 3. The number of anilines is 1. The molecule has 2 heterocycles. The fourth-order valence-electron chi connectivity index (χ4n) is 3.17. The third kappa shape index (κ3) is 3.05. The summed E-state index contributed by atoms with van der Waals surface area (Å²) >= 11 is 0. The lowest BCUT2D eigenvalue weighted by molar-refractivity contribution is 0.0256. The molecule has 2 aromatic rings. The van der Waals surface area contributed by atoms with Crippen molar-refractivity contribution in [2.75, 3.05) is 18.0 Å². The number of hydrogen-bond acceptors (Lipinski definition) is 2. The zero-order chi connectivity index (χ0) is 16.6. The number of halogens is 3. The van der Waals surface area contributed by atoms with E-state index >= 15 is 0 Å². The van der Waals surface area contributed by atoms with Gasteiger partial charge in [-0.1, -0.05) is 31.2 Å². The highest BCUT2D eigenvalue weighted by Gasteiger charge is 2.39. The maximum Gasteiger partial charge on any atom is 0.266 e. The van der Waals surface area contributed by atoms with Crippen molar-refractivity contribution < 1.29 is 13.2 Å². The van der Waals surface area contributed by atoms with Gasteiger partial charge in [0.05, 0.1) is 6.54 Å². The largest absolute Gasteiger partial charge is 0.350 e. The highest BCUT2D eigenvalue weighted by molar-refractivity contribution is 5.75. The van der Waals surface area contributed by atoms with E-state index in [-0.39, 0.29) is 13.0 Å². The topological polar surface area (TPSA) is 16.1 Å². The van der Waals surface area contributed by atoms with Gasteiger partial charge in [0.25, 0.3) is 5.92 Å². The van der Waals surface area contributed by atoms with Gasteiger partial charge in [0, 0.05) is 24.6 Å². The lowest BCUT2D eigenvalue weighted by Crippen LogP contribution is -2.27. The molecule has 1 fully saturated rings. The van der Waals surface area contributed by atoms with Crippen LogP contribution in [0, 0.1) is 12.9 Å². The molecule has 2 nitrogen and oxygen atoms in total. The van der Waals surface area contributed by atoms with E-state index in [1.54, 1.807) is 0 Å². The standard InChI is InChI=1S/C18H19F3N2/c1-3-13-15(14-7-5-4-6-12(14)2)10-16(19)22-17(13)23-9-8-18(20,21)11-23/h4-7,10H,3,8-9,11H2,1-2H3. The van der Waals surface area contributed by atoms with Crippen LogP contribution in [0.4, 0.5) is 19.0 Å². The minimum Gasteiger partial charge on any atom is -0.350 e. The van der Waals surface area contributed by atoms with Gasteiger partial charge in [0.1, 0.15) is 5.82 Å². The van der Waals surface area contributed by atoms with Gasteiger partial charge in [-0.05, 0) is 30.0 Å². The zero-order valence-electron chi connectivity index (χ0n) is 13.2.